The molecule has 0 saturated carbocycles. The number of Topliss-reactive ketones (excluding diaryl/α,β-unsaturated/α-hetero) is 1. The molecule has 0 spiro atoms. The largest absolute Gasteiger partial charge is 0.485 e. The average molecular weight is 594 g/mol. The molecule has 0 N–H and O–H groups in total. The number of aryl methyl sites for hydroxylation is 2. The topological polar surface area (TPSA) is 57.0 Å². The molecule has 6 rings (SSSR count). The molecule has 3 aromatic carbocycles. The summed E-state index contributed by atoms with van der Waals surface area (Å²) < 4.78 is 8.41. The van der Waals surface area contributed by atoms with Crippen molar-refractivity contribution < 1.29 is 9.53 Å². The summed E-state index contributed by atoms with van der Waals surface area (Å²) in [5.41, 5.74) is 9.94. The van der Waals surface area contributed by atoms with E-state index in [0.717, 1.165) is 60.5 Å². The number of aromatic nitrogens is 3. The van der Waals surface area contributed by atoms with E-state index >= 15 is 0 Å². The maximum absolute atomic E-state index is 13.9. The second-order valence-corrected chi connectivity index (χ2v) is 14.4. The molecule has 0 unspecified atom stereocenters. The van der Waals surface area contributed by atoms with Gasteiger partial charge in [-0.1, -0.05) is 76.7 Å². The molecule has 0 radical (unpaired) electrons. The van der Waals surface area contributed by atoms with Gasteiger partial charge in [0.2, 0.25) is 0 Å². The number of benzene rings is 3. The van der Waals surface area contributed by atoms with Crippen LogP contribution in [0.2, 0.25) is 0 Å². The van der Waals surface area contributed by atoms with E-state index in [1.54, 1.807) is 0 Å². The van der Waals surface area contributed by atoms with Gasteiger partial charge in [0, 0.05) is 11.3 Å². The second-order valence-electron chi connectivity index (χ2n) is 13.4. The molecule has 6 heteroatoms. The Kier molecular flexibility index (Phi) is 8.01. The Morgan fingerprint density at radius 3 is 2.35 bits per heavy atom. The van der Waals surface area contributed by atoms with Gasteiger partial charge >= 0.3 is 0 Å². The van der Waals surface area contributed by atoms with Crippen LogP contribution in [0.1, 0.15) is 103 Å². The number of nitrogens with zero attached hydrogens (tertiary/aromatic N) is 3. The molecule has 0 amide bonds. The molecule has 4 aromatic rings. The number of ether oxygens (including phenoxy) is 1. The zero-order valence-electron chi connectivity index (χ0n) is 26.4. The van der Waals surface area contributed by atoms with Crippen LogP contribution in [-0.2, 0) is 36.7 Å². The summed E-state index contributed by atoms with van der Waals surface area (Å²) in [6, 6.07) is 18.9. The van der Waals surface area contributed by atoms with Crippen LogP contribution in [-0.4, -0.2) is 26.3 Å². The third kappa shape index (κ3) is 5.66. The van der Waals surface area contributed by atoms with Crippen molar-refractivity contribution in [3.05, 3.63) is 99.4 Å². The van der Waals surface area contributed by atoms with Crippen molar-refractivity contribution in [1.82, 2.24) is 14.8 Å². The highest BCUT2D eigenvalue weighted by atomic mass is 32.2. The number of hydrogen-bond donors (Lipinski definition) is 0. The van der Waals surface area contributed by atoms with Crippen LogP contribution in [0.5, 0.6) is 5.75 Å². The van der Waals surface area contributed by atoms with Gasteiger partial charge in [0.25, 0.3) is 0 Å². The van der Waals surface area contributed by atoms with Gasteiger partial charge in [-0.25, -0.2) is 0 Å². The zero-order valence-corrected chi connectivity index (χ0v) is 27.2. The smallest absolute Gasteiger partial charge is 0.196 e. The lowest BCUT2D eigenvalue weighted by Gasteiger charge is -2.42. The standard InChI is InChI=1S/C37H43N3O2S/c1-7-25-20-30-31(37(5,6)19-18-36(30,3)4)21-29(25)32(41)23-43-35-39-38-34(40(35)26-12-9-8-10-13-26)22-42-33-17-16-24(2)27-14-11-15-28(27)33/h8-10,12-13,16-17,20-21H,7,11,14-15,18-19,22-23H2,1-6H3. The molecule has 0 atom stereocenters. The first-order chi connectivity index (χ1) is 20.6. The molecule has 0 aliphatic heterocycles. The number of carbonyl (C=O) groups is 1. The van der Waals surface area contributed by atoms with E-state index in [1.807, 2.05) is 34.9 Å². The molecule has 0 fully saturated rings. The molecule has 1 aromatic heterocycles. The molecule has 0 saturated heterocycles. The van der Waals surface area contributed by atoms with Crippen LogP contribution in [0.3, 0.4) is 0 Å². The van der Waals surface area contributed by atoms with Crippen molar-refractivity contribution in [3.8, 4) is 11.4 Å². The Morgan fingerprint density at radius 2 is 1.63 bits per heavy atom. The molecule has 224 valence electrons. The van der Waals surface area contributed by atoms with Crippen LogP contribution in [0.25, 0.3) is 5.69 Å². The number of hydrogen-bond acceptors (Lipinski definition) is 5. The van der Waals surface area contributed by atoms with Crippen molar-refractivity contribution in [3.63, 3.8) is 0 Å². The summed E-state index contributed by atoms with van der Waals surface area (Å²) in [6.45, 7) is 13.9. The lowest BCUT2D eigenvalue weighted by atomic mass is 9.62. The van der Waals surface area contributed by atoms with Gasteiger partial charge in [-0.15, -0.1) is 10.2 Å². The van der Waals surface area contributed by atoms with Crippen LogP contribution in [0.4, 0.5) is 0 Å². The molecular formula is C37H43N3O2S. The lowest BCUT2D eigenvalue weighted by Crippen LogP contribution is -2.34. The fourth-order valence-corrected chi connectivity index (χ4v) is 7.73. The van der Waals surface area contributed by atoms with Gasteiger partial charge in [0.15, 0.2) is 16.8 Å². The lowest BCUT2D eigenvalue weighted by molar-refractivity contribution is 0.102. The van der Waals surface area contributed by atoms with Crippen LogP contribution >= 0.6 is 11.8 Å². The van der Waals surface area contributed by atoms with Crippen LogP contribution < -0.4 is 4.74 Å². The molecular weight excluding hydrogens is 550 g/mol. The van der Waals surface area contributed by atoms with Crippen molar-refractivity contribution in [2.75, 3.05) is 5.75 Å². The molecule has 43 heavy (non-hydrogen) atoms. The Balaban J connectivity index is 1.27. The monoisotopic (exact) mass is 593 g/mol. The number of thioether (sulfide) groups is 1. The van der Waals surface area contributed by atoms with Gasteiger partial charge in [0.1, 0.15) is 12.4 Å². The summed E-state index contributed by atoms with van der Waals surface area (Å²) in [5.74, 6) is 2.10. The Morgan fingerprint density at radius 1 is 0.930 bits per heavy atom. The van der Waals surface area contributed by atoms with E-state index in [4.69, 9.17) is 4.74 Å². The highest BCUT2D eigenvalue weighted by Crippen LogP contribution is 2.47. The predicted molar refractivity (Wildman–Crippen MR) is 175 cm³/mol. The van der Waals surface area contributed by atoms with Gasteiger partial charge in [-0.2, -0.15) is 0 Å². The van der Waals surface area contributed by atoms with Gasteiger partial charge < -0.3 is 4.74 Å². The van der Waals surface area contributed by atoms with Gasteiger partial charge in [-0.3, -0.25) is 9.36 Å². The number of ketones is 1. The molecule has 5 nitrogen and oxygen atoms in total. The maximum atomic E-state index is 13.9. The molecule has 2 aliphatic rings. The number of carbonyl (C=O) groups excluding carboxylic acids is 1. The van der Waals surface area contributed by atoms with Gasteiger partial charge in [-0.05, 0) is 114 Å². The van der Waals surface area contributed by atoms with Crippen LogP contribution in [0, 0.1) is 6.92 Å². The quantitative estimate of drug-likeness (QED) is 0.144. The molecule has 0 bridgehead atoms. The van der Waals surface area contributed by atoms with Crippen molar-refractivity contribution in [2.45, 2.75) is 103 Å². The first kappa shape index (κ1) is 29.7. The highest BCUT2D eigenvalue weighted by molar-refractivity contribution is 7.99. The Labute approximate surface area is 260 Å². The minimum Gasteiger partial charge on any atom is -0.485 e. The van der Waals surface area contributed by atoms with Gasteiger partial charge in [0.05, 0.1) is 5.75 Å². The van der Waals surface area contributed by atoms with Crippen LogP contribution in [0.15, 0.2) is 59.8 Å². The minimum absolute atomic E-state index is 0.0548. The normalized spacial score (nSPS) is 16.5. The average Bonchev–Trinajstić information content (AvgIpc) is 3.66. The number of rotatable bonds is 9. The van der Waals surface area contributed by atoms with Crippen molar-refractivity contribution >= 4 is 17.5 Å². The van der Waals surface area contributed by atoms with Crippen molar-refractivity contribution in [2.24, 2.45) is 0 Å². The van der Waals surface area contributed by atoms with E-state index in [2.05, 4.69) is 76.0 Å². The van der Waals surface area contributed by atoms with E-state index in [9.17, 15) is 4.79 Å². The third-order valence-corrected chi connectivity index (χ3v) is 10.6. The predicted octanol–water partition coefficient (Wildman–Crippen LogP) is 8.53. The zero-order chi connectivity index (χ0) is 30.4. The first-order valence-electron chi connectivity index (χ1n) is 15.7. The maximum Gasteiger partial charge on any atom is 0.196 e. The molecule has 1 heterocycles. The fraction of sp³-hybridized carbons (Fsp3) is 0.432. The van der Waals surface area contributed by atoms with E-state index in [-0.39, 0.29) is 16.6 Å². The Bertz CT molecular complexity index is 1670. The summed E-state index contributed by atoms with van der Waals surface area (Å²) in [4.78, 5) is 13.9. The molecule has 2 aliphatic carbocycles. The fourth-order valence-electron chi connectivity index (χ4n) is 6.87. The minimum atomic E-state index is 0.0548. The second kappa shape index (κ2) is 11.6. The summed E-state index contributed by atoms with van der Waals surface area (Å²) in [5, 5.41) is 9.81. The number of fused-ring (bicyclic) bond motifs is 2. The Hall–Kier alpha value is -3.38. The summed E-state index contributed by atoms with van der Waals surface area (Å²) in [7, 11) is 0. The number of para-hydroxylation sites is 1. The summed E-state index contributed by atoms with van der Waals surface area (Å²) in [6.07, 6.45) is 6.46. The van der Waals surface area contributed by atoms with E-state index in [0.29, 0.717) is 17.5 Å². The SMILES string of the molecule is CCc1cc2c(cc1C(=O)CSc1nnc(COc3ccc(C)c4c3CCC4)n1-c1ccccc1)C(C)(C)CCC2(C)C. The first-order valence-corrected chi connectivity index (χ1v) is 16.7. The summed E-state index contributed by atoms with van der Waals surface area (Å²) >= 11 is 1.45. The third-order valence-electron chi connectivity index (χ3n) is 9.64. The van der Waals surface area contributed by atoms with E-state index in [1.165, 1.54) is 46.0 Å². The van der Waals surface area contributed by atoms with E-state index < -0.39 is 0 Å². The highest BCUT2D eigenvalue weighted by Gasteiger charge is 2.38. The van der Waals surface area contributed by atoms with Crippen molar-refractivity contribution in [1.29, 1.82) is 0 Å².